The van der Waals surface area contributed by atoms with Crippen molar-refractivity contribution in [2.24, 2.45) is 9.98 Å². The third kappa shape index (κ3) is 6.14. The Labute approximate surface area is 332 Å². The minimum Gasteiger partial charge on any atom is -0.354 e. The number of aliphatic imine (C=N–C) groups is 2. The first-order valence-electron chi connectivity index (χ1n) is 19.3. The van der Waals surface area contributed by atoms with Crippen molar-refractivity contribution in [2.75, 3.05) is 0 Å². The third-order valence-corrected chi connectivity index (χ3v) is 10.8. The van der Waals surface area contributed by atoms with E-state index < -0.39 is 0 Å². The van der Waals surface area contributed by atoms with Gasteiger partial charge in [0.25, 0.3) is 0 Å². The quantitative estimate of drug-likeness (QED) is 0.159. The molecule has 5 heterocycles. The lowest BCUT2D eigenvalue weighted by Crippen LogP contribution is -2.21. The summed E-state index contributed by atoms with van der Waals surface area (Å²) in [5.74, 6) is 0. The maximum atomic E-state index is 5.57. The summed E-state index contributed by atoms with van der Waals surface area (Å²) in [6.45, 7) is 4.83. The topological polar surface area (TPSA) is 45.4 Å². The molecule has 0 radical (unpaired) electrons. The number of hydrogen-bond donors (Lipinski definition) is 1. The molecule has 4 nitrogen and oxygen atoms in total. The Morgan fingerprint density at radius 1 is 0.456 bits per heavy atom. The van der Waals surface area contributed by atoms with E-state index in [1.54, 1.807) is 0 Å². The van der Waals surface area contributed by atoms with Crippen LogP contribution >= 0.6 is 0 Å². The van der Waals surface area contributed by atoms with Crippen LogP contribution in [0.1, 0.15) is 33.5 Å². The molecule has 10 rings (SSSR count). The van der Waals surface area contributed by atoms with Crippen molar-refractivity contribution >= 4 is 33.7 Å². The summed E-state index contributed by atoms with van der Waals surface area (Å²) in [5.41, 5.74) is 16.4. The monoisotopic (exact) mass is 730 g/mol. The van der Waals surface area contributed by atoms with Crippen LogP contribution in [-0.4, -0.2) is 21.0 Å². The van der Waals surface area contributed by atoms with Crippen molar-refractivity contribution in [2.45, 2.75) is 6.54 Å². The predicted octanol–water partition coefficient (Wildman–Crippen LogP) is 10.3. The van der Waals surface area contributed by atoms with Crippen LogP contribution < -0.4 is 10.7 Å². The zero-order valence-electron chi connectivity index (χ0n) is 31.3. The van der Waals surface area contributed by atoms with Gasteiger partial charge in [-0.2, -0.15) is 0 Å². The highest BCUT2D eigenvalue weighted by atomic mass is 15.0. The molecule has 0 fully saturated rings. The molecule has 4 heteroatoms. The summed E-state index contributed by atoms with van der Waals surface area (Å²) in [4.78, 5) is 15.0. The molecule has 7 aromatic rings. The van der Waals surface area contributed by atoms with E-state index in [9.17, 15) is 0 Å². The summed E-state index contributed by atoms with van der Waals surface area (Å²) in [7, 11) is 0. The zero-order chi connectivity index (χ0) is 38.1. The van der Waals surface area contributed by atoms with Gasteiger partial charge in [0, 0.05) is 56.9 Å². The number of aromatic nitrogens is 2. The molecule has 5 aromatic carbocycles. The highest BCUT2D eigenvalue weighted by Gasteiger charge is 2.29. The number of nitrogens with zero attached hydrogens (tertiary/aromatic N) is 3. The fourth-order valence-electron chi connectivity index (χ4n) is 8.31. The maximum absolute atomic E-state index is 5.57. The van der Waals surface area contributed by atoms with Crippen LogP contribution in [0.3, 0.4) is 0 Å². The molecule has 0 unspecified atom stereocenters. The van der Waals surface area contributed by atoms with Crippen molar-refractivity contribution in [3.05, 3.63) is 263 Å². The second kappa shape index (κ2) is 14.6. The summed E-state index contributed by atoms with van der Waals surface area (Å²) in [5, 5.41) is 1.96. The van der Waals surface area contributed by atoms with Crippen LogP contribution in [0.4, 0.5) is 0 Å². The van der Waals surface area contributed by atoms with E-state index in [0.717, 1.165) is 100 Å². The second-order valence-electron chi connectivity index (χ2n) is 14.3. The number of fused-ring (bicyclic) bond motifs is 6. The minimum atomic E-state index is 0.596. The minimum absolute atomic E-state index is 0.596. The van der Waals surface area contributed by atoms with E-state index in [2.05, 4.69) is 210 Å². The first-order valence-corrected chi connectivity index (χ1v) is 19.3. The van der Waals surface area contributed by atoms with E-state index in [1.165, 1.54) is 0 Å². The standard InChI is InChI=1S/C53H38N4/c1-2-34-57-35-41-48(36-18-8-3-9-19-36)42-28-29-43(54-42)50(38-22-12-5-13-23-38)44-30-31-45(55-44)51(39-24-14-6-15-25-39)46-32-33-47(56-46)52(40-26-16-7-17-27-40)53(57)49(41)37-20-10-4-11-21-37/h2-33,35,55H,1,34H2. The number of allylic oxidation sites excluding steroid dienone is 5. The van der Waals surface area contributed by atoms with Gasteiger partial charge in [0.15, 0.2) is 0 Å². The second-order valence-corrected chi connectivity index (χ2v) is 14.3. The van der Waals surface area contributed by atoms with Crippen LogP contribution in [0, 0.1) is 0 Å². The molecular formula is C53H38N4. The summed E-state index contributed by atoms with van der Waals surface area (Å²) < 4.78 is 2.34. The van der Waals surface area contributed by atoms with Crippen molar-refractivity contribution in [1.29, 1.82) is 0 Å². The van der Waals surface area contributed by atoms with Crippen LogP contribution in [-0.2, 0) is 6.54 Å². The van der Waals surface area contributed by atoms with Gasteiger partial charge in [-0.3, -0.25) is 0 Å². The van der Waals surface area contributed by atoms with Gasteiger partial charge < -0.3 is 9.55 Å². The molecule has 2 aromatic heterocycles. The lowest BCUT2D eigenvalue weighted by molar-refractivity contribution is 0.818. The Morgan fingerprint density at radius 3 is 1.32 bits per heavy atom. The molecule has 0 aliphatic carbocycles. The van der Waals surface area contributed by atoms with Crippen LogP contribution in [0.25, 0.3) is 33.4 Å². The average molecular weight is 731 g/mol. The van der Waals surface area contributed by atoms with Gasteiger partial charge in [-0.15, -0.1) is 6.58 Å². The van der Waals surface area contributed by atoms with Crippen molar-refractivity contribution < 1.29 is 0 Å². The normalized spacial score (nSPS) is 14.7. The van der Waals surface area contributed by atoms with Gasteiger partial charge in [-0.25, -0.2) is 9.98 Å². The van der Waals surface area contributed by atoms with Crippen molar-refractivity contribution in [3.8, 4) is 11.1 Å². The Balaban J connectivity index is 1.42. The van der Waals surface area contributed by atoms with Gasteiger partial charge in [-0.1, -0.05) is 158 Å². The molecular weight excluding hydrogens is 693 g/mol. The lowest BCUT2D eigenvalue weighted by Gasteiger charge is -2.18. The van der Waals surface area contributed by atoms with E-state index in [4.69, 9.17) is 9.98 Å². The molecule has 57 heavy (non-hydrogen) atoms. The first-order chi connectivity index (χ1) is 28.2. The molecule has 8 bridgehead atoms. The van der Waals surface area contributed by atoms with E-state index in [1.807, 2.05) is 6.08 Å². The largest absolute Gasteiger partial charge is 0.354 e. The maximum Gasteiger partial charge on any atom is 0.0737 e. The van der Waals surface area contributed by atoms with Crippen LogP contribution in [0.15, 0.2) is 228 Å². The fraction of sp³-hybridized carbons (Fsp3) is 0.0189. The van der Waals surface area contributed by atoms with Gasteiger partial charge in [0.2, 0.25) is 0 Å². The van der Waals surface area contributed by atoms with Gasteiger partial charge in [0.05, 0.1) is 28.5 Å². The number of H-pyrrole nitrogens is 1. The Morgan fingerprint density at radius 2 is 0.860 bits per heavy atom. The zero-order valence-corrected chi connectivity index (χ0v) is 31.3. The smallest absolute Gasteiger partial charge is 0.0737 e. The van der Waals surface area contributed by atoms with E-state index in [0.29, 0.717) is 6.54 Å². The number of hydrogen-bond acceptors (Lipinski definition) is 2. The molecule has 0 saturated carbocycles. The van der Waals surface area contributed by atoms with Crippen LogP contribution in [0.2, 0.25) is 0 Å². The number of nitrogens with one attached hydrogen (secondary N) is 1. The van der Waals surface area contributed by atoms with Crippen molar-refractivity contribution in [3.63, 3.8) is 0 Å². The molecule has 1 N–H and O–H groups in total. The number of aromatic amines is 1. The number of rotatable bonds is 7. The average Bonchev–Trinajstić information content (AvgIpc) is 4.10. The van der Waals surface area contributed by atoms with Gasteiger partial charge in [-0.05, 0) is 64.3 Å². The molecule has 0 spiro atoms. The molecule has 270 valence electrons. The summed E-state index contributed by atoms with van der Waals surface area (Å²) >= 11 is 0. The predicted molar refractivity (Wildman–Crippen MR) is 236 cm³/mol. The Bertz CT molecular complexity index is 2990. The fourth-order valence-corrected chi connectivity index (χ4v) is 8.31. The summed E-state index contributed by atoms with van der Waals surface area (Å²) in [6, 6.07) is 57.5. The lowest BCUT2D eigenvalue weighted by atomic mass is 9.88. The van der Waals surface area contributed by atoms with Crippen LogP contribution in [0.5, 0.6) is 0 Å². The van der Waals surface area contributed by atoms with E-state index in [-0.39, 0.29) is 0 Å². The molecule has 3 aliphatic rings. The molecule has 0 atom stereocenters. The number of benzene rings is 5. The molecule has 0 saturated heterocycles. The third-order valence-electron chi connectivity index (χ3n) is 10.8. The highest BCUT2D eigenvalue weighted by Crippen LogP contribution is 2.45. The highest BCUT2D eigenvalue weighted by molar-refractivity contribution is 6.31. The Hall–Kier alpha value is -7.56. The van der Waals surface area contributed by atoms with Gasteiger partial charge >= 0.3 is 0 Å². The van der Waals surface area contributed by atoms with Gasteiger partial charge in [0.1, 0.15) is 0 Å². The van der Waals surface area contributed by atoms with Crippen molar-refractivity contribution in [1.82, 2.24) is 9.55 Å². The summed E-state index contributed by atoms with van der Waals surface area (Å²) in [6.07, 6.45) is 12.9. The SMILES string of the molecule is C=CCn1cc2c(-c3ccccc3)c1C(c1ccccc1)=C1C=CC(=N1)C(c1ccccc1)=c1ccc([nH]1)=C(c1ccccc1)C1=NC(=C2c2ccccc2)C=C1. The first kappa shape index (κ1) is 34.0. The van der Waals surface area contributed by atoms with E-state index >= 15 is 0 Å². The molecule has 0 amide bonds. The molecule has 3 aliphatic heterocycles. The Kier molecular flexibility index (Phi) is 8.69.